The Balaban J connectivity index is 1.81. The fourth-order valence-corrected chi connectivity index (χ4v) is 3.83. The molecule has 0 aliphatic carbocycles. The molecule has 3 rings (SSSR count). The van der Waals surface area contributed by atoms with Crippen LogP contribution >= 0.6 is 11.8 Å². The first kappa shape index (κ1) is 20.8. The maximum Gasteiger partial charge on any atom is 0.262 e. The van der Waals surface area contributed by atoms with Crippen molar-refractivity contribution in [3.05, 3.63) is 82.9 Å². The van der Waals surface area contributed by atoms with E-state index in [1.165, 1.54) is 28.5 Å². The summed E-state index contributed by atoms with van der Waals surface area (Å²) < 4.78 is 14.6. The van der Waals surface area contributed by atoms with E-state index in [2.05, 4.69) is 16.9 Å². The Labute approximate surface area is 172 Å². The van der Waals surface area contributed by atoms with E-state index < -0.39 is 5.25 Å². The first-order valence-corrected chi connectivity index (χ1v) is 10.1. The van der Waals surface area contributed by atoms with Crippen molar-refractivity contribution in [2.24, 2.45) is 0 Å². The van der Waals surface area contributed by atoms with E-state index in [9.17, 15) is 14.0 Å². The van der Waals surface area contributed by atoms with Crippen molar-refractivity contribution in [2.45, 2.75) is 36.8 Å². The Morgan fingerprint density at radius 3 is 2.62 bits per heavy atom. The third-order valence-electron chi connectivity index (χ3n) is 4.52. The Morgan fingerprint density at radius 2 is 1.93 bits per heavy atom. The summed E-state index contributed by atoms with van der Waals surface area (Å²) in [5.41, 5.74) is 1.24. The third kappa shape index (κ3) is 4.74. The summed E-state index contributed by atoms with van der Waals surface area (Å²) in [6, 6.07) is 12.9. The van der Waals surface area contributed by atoms with E-state index in [0.717, 1.165) is 5.56 Å². The average Bonchev–Trinajstić information content (AvgIpc) is 2.71. The van der Waals surface area contributed by atoms with Crippen LogP contribution in [0.5, 0.6) is 0 Å². The molecule has 1 N–H and O–H groups in total. The zero-order chi connectivity index (χ0) is 21.0. The number of hydrogen-bond donors (Lipinski definition) is 1. The number of nitrogens with zero attached hydrogens (tertiary/aromatic N) is 2. The molecule has 0 saturated carbocycles. The molecular weight excluding hydrogens is 389 g/mol. The predicted molar refractivity (Wildman–Crippen MR) is 114 cm³/mol. The highest BCUT2D eigenvalue weighted by atomic mass is 32.2. The molecule has 2 atom stereocenters. The topological polar surface area (TPSA) is 64.0 Å². The summed E-state index contributed by atoms with van der Waals surface area (Å²) in [5, 5.41) is 3.43. The van der Waals surface area contributed by atoms with E-state index in [-0.39, 0.29) is 23.3 Å². The molecule has 0 radical (unpaired) electrons. The molecule has 7 heteroatoms. The minimum atomic E-state index is -0.484. The van der Waals surface area contributed by atoms with Gasteiger partial charge in [-0.1, -0.05) is 42.1 Å². The summed E-state index contributed by atoms with van der Waals surface area (Å²) in [6.45, 7) is 7.61. The lowest BCUT2D eigenvalue weighted by Crippen LogP contribution is -2.34. The number of carbonyl (C=O) groups is 1. The third-order valence-corrected chi connectivity index (χ3v) is 5.61. The number of hydrogen-bond acceptors (Lipinski definition) is 4. The number of nitrogens with one attached hydrogen (secondary N) is 1. The highest BCUT2D eigenvalue weighted by Gasteiger charge is 2.21. The van der Waals surface area contributed by atoms with Crippen molar-refractivity contribution in [1.82, 2.24) is 14.9 Å². The molecule has 5 nitrogen and oxygen atoms in total. The lowest BCUT2D eigenvalue weighted by Gasteiger charge is -2.19. The van der Waals surface area contributed by atoms with Gasteiger partial charge < -0.3 is 5.32 Å². The smallest absolute Gasteiger partial charge is 0.262 e. The minimum absolute atomic E-state index is 0.162. The van der Waals surface area contributed by atoms with Gasteiger partial charge in [0, 0.05) is 6.54 Å². The number of amides is 1. The molecule has 0 aliphatic rings. The highest BCUT2D eigenvalue weighted by Crippen LogP contribution is 2.23. The minimum Gasteiger partial charge on any atom is -0.349 e. The standard InChI is InChI=1S/C22H22FN3O2S/c1-4-13-26-21(28)18-7-5-6-8-19(18)25-22(26)29-15(3)20(27)24-14(2)16-9-11-17(23)12-10-16/h4-12,14-15H,1,13H2,2-3H3,(H,24,27)/t14-,15+/m1/s1. The maximum absolute atomic E-state index is 13.1. The number of aromatic nitrogens is 2. The summed E-state index contributed by atoms with van der Waals surface area (Å²) in [6.07, 6.45) is 1.63. The molecular formula is C22H22FN3O2S. The lowest BCUT2D eigenvalue weighted by atomic mass is 10.1. The van der Waals surface area contributed by atoms with Gasteiger partial charge in [-0.05, 0) is 43.7 Å². The average molecular weight is 412 g/mol. The van der Waals surface area contributed by atoms with Crippen molar-refractivity contribution in [3.63, 3.8) is 0 Å². The molecule has 0 saturated heterocycles. The van der Waals surface area contributed by atoms with E-state index in [1.807, 2.05) is 13.0 Å². The number of allylic oxidation sites excluding steroid dienone is 1. The summed E-state index contributed by atoms with van der Waals surface area (Å²) in [4.78, 5) is 30.1. The molecule has 0 aliphatic heterocycles. The van der Waals surface area contributed by atoms with Gasteiger partial charge in [0.25, 0.3) is 5.56 Å². The monoisotopic (exact) mass is 411 g/mol. The molecule has 29 heavy (non-hydrogen) atoms. The highest BCUT2D eigenvalue weighted by molar-refractivity contribution is 8.00. The molecule has 150 valence electrons. The second-order valence-electron chi connectivity index (χ2n) is 6.66. The first-order valence-electron chi connectivity index (χ1n) is 9.23. The fraction of sp³-hybridized carbons (Fsp3) is 0.227. The lowest BCUT2D eigenvalue weighted by molar-refractivity contribution is -0.120. The molecule has 0 bridgehead atoms. The van der Waals surface area contributed by atoms with Crippen LogP contribution in [0.25, 0.3) is 10.9 Å². The molecule has 2 aromatic carbocycles. The van der Waals surface area contributed by atoms with E-state index >= 15 is 0 Å². The molecule has 1 heterocycles. The maximum atomic E-state index is 13.1. The SMILES string of the molecule is C=CCn1c(S[C@@H](C)C(=O)N[C@H](C)c2ccc(F)cc2)nc2ccccc2c1=O. The Hall–Kier alpha value is -2.93. The van der Waals surface area contributed by atoms with Gasteiger partial charge in [-0.3, -0.25) is 14.2 Å². The van der Waals surface area contributed by atoms with E-state index in [4.69, 9.17) is 0 Å². The second-order valence-corrected chi connectivity index (χ2v) is 7.97. The van der Waals surface area contributed by atoms with Crippen molar-refractivity contribution in [3.8, 4) is 0 Å². The van der Waals surface area contributed by atoms with Gasteiger partial charge in [-0.2, -0.15) is 0 Å². The Bertz CT molecular complexity index is 1100. The largest absolute Gasteiger partial charge is 0.349 e. The van der Waals surface area contributed by atoms with Crippen LogP contribution in [0.1, 0.15) is 25.5 Å². The number of carbonyl (C=O) groups excluding carboxylic acids is 1. The first-order chi connectivity index (χ1) is 13.9. The normalized spacial score (nSPS) is 13.1. The van der Waals surface area contributed by atoms with Crippen LogP contribution in [0.4, 0.5) is 4.39 Å². The van der Waals surface area contributed by atoms with Crippen LogP contribution in [0.2, 0.25) is 0 Å². The van der Waals surface area contributed by atoms with Crippen molar-refractivity contribution < 1.29 is 9.18 Å². The van der Waals surface area contributed by atoms with Crippen LogP contribution in [0.15, 0.2) is 71.1 Å². The molecule has 1 amide bonds. The zero-order valence-corrected chi connectivity index (χ0v) is 17.1. The van der Waals surface area contributed by atoms with Crippen LogP contribution < -0.4 is 10.9 Å². The van der Waals surface area contributed by atoms with Crippen LogP contribution in [0.3, 0.4) is 0 Å². The predicted octanol–water partition coefficient (Wildman–Crippen LogP) is 4.08. The summed E-state index contributed by atoms with van der Waals surface area (Å²) >= 11 is 1.22. The van der Waals surface area contributed by atoms with Gasteiger partial charge in [0.15, 0.2) is 5.16 Å². The second kappa shape index (κ2) is 9.05. The van der Waals surface area contributed by atoms with E-state index in [1.54, 1.807) is 43.3 Å². The molecule has 0 unspecified atom stereocenters. The number of fused-ring (bicyclic) bond motifs is 1. The number of rotatable bonds is 7. The summed E-state index contributed by atoms with van der Waals surface area (Å²) in [7, 11) is 0. The molecule has 0 fully saturated rings. The number of para-hydroxylation sites is 1. The Morgan fingerprint density at radius 1 is 1.24 bits per heavy atom. The molecule has 0 spiro atoms. The molecule has 3 aromatic rings. The van der Waals surface area contributed by atoms with Gasteiger partial charge in [-0.15, -0.1) is 6.58 Å². The van der Waals surface area contributed by atoms with Crippen LogP contribution in [-0.4, -0.2) is 20.7 Å². The van der Waals surface area contributed by atoms with Crippen LogP contribution in [0, 0.1) is 5.82 Å². The number of thioether (sulfide) groups is 1. The van der Waals surface area contributed by atoms with Gasteiger partial charge >= 0.3 is 0 Å². The zero-order valence-electron chi connectivity index (χ0n) is 16.3. The van der Waals surface area contributed by atoms with Crippen molar-refractivity contribution in [2.75, 3.05) is 0 Å². The van der Waals surface area contributed by atoms with Gasteiger partial charge in [-0.25, -0.2) is 9.37 Å². The summed E-state index contributed by atoms with van der Waals surface area (Å²) in [5.74, 6) is -0.516. The van der Waals surface area contributed by atoms with Gasteiger partial charge in [0.2, 0.25) is 5.91 Å². The Kier molecular flexibility index (Phi) is 6.49. The van der Waals surface area contributed by atoms with Crippen molar-refractivity contribution in [1.29, 1.82) is 0 Å². The van der Waals surface area contributed by atoms with Crippen LogP contribution in [-0.2, 0) is 11.3 Å². The number of halogens is 1. The van der Waals surface area contributed by atoms with Crippen molar-refractivity contribution >= 4 is 28.6 Å². The quantitative estimate of drug-likeness (QED) is 0.361. The fourth-order valence-electron chi connectivity index (χ4n) is 2.90. The van der Waals surface area contributed by atoms with Gasteiger partial charge in [0.1, 0.15) is 5.82 Å². The number of benzene rings is 2. The van der Waals surface area contributed by atoms with Gasteiger partial charge in [0.05, 0.1) is 22.2 Å². The van der Waals surface area contributed by atoms with E-state index in [0.29, 0.717) is 22.6 Å². The molecule has 1 aromatic heterocycles.